The van der Waals surface area contributed by atoms with Crippen molar-refractivity contribution in [1.29, 1.82) is 0 Å². The number of carbonyl (C=O) groups excluding carboxylic acids is 1. The maximum Gasteiger partial charge on any atom is 0.230 e. The van der Waals surface area contributed by atoms with Gasteiger partial charge in [0.1, 0.15) is 5.76 Å². The summed E-state index contributed by atoms with van der Waals surface area (Å²) < 4.78 is 5.24. The number of hydrogen-bond donors (Lipinski definition) is 1. The maximum absolute atomic E-state index is 11.7. The highest BCUT2D eigenvalue weighted by atomic mass is 35.5. The van der Waals surface area contributed by atoms with Crippen LogP contribution in [0.4, 0.5) is 0 Å². The van der Waals surface area contributed by atoms with Crippen LogP contribution in [0.15, 0.2) is 41.0 Å². The van der Waals surface area contributed by atoms with Crippen molar-refractivity contribution in [3.63, 3.8) is 0 Å². The van der Waals surface area contributed by atoms with Gasteiger partial charge in [-0.05, 0) is 29.8 Å². The Labute approximate surface area is 154 Å². The van der Waals surface area contributed by atoms with E-state index in [9.17, 15) is 4.79 Å². The van der Waals surface area contributed by atoms with E-state index in [-0.39, 0.29) is 5.91 Å². The van der Waals surface area contributed by atoms with Crippen molar-refractivity contribution in [1.82, 2.24) is 5.32 Å². The molecule has 0 bridgehead atoms. The van der Waals surface area contributed by atoms with E-state index in [1.807, 2.05) is 24.3 Å². The molecule has 3 nitrogen and oxygen atoms in total. The predicted octanol–water partition coefficient (Wildman–Crippen LogP) is 4.87. The van der Waals surface area contributed by atoms with Gasteiger partial charge in [-0.15, -0.1) is 11.8 Å². The van der Waals surface area contributed by atoms with Crippen LogP contribution in [-0.4, -0.2) is 24.0 Å². The third kappa shape index (κ3) is 7.12. The second-order valence-corrected chi connectivity index (χ2v) is 7.63. The highest BCUT2D eigenvalue weighted by Crippen LogP contribution is 2.24. The standard InChI is InChI=1S/C16H17Cl2NO2S2/c17-14-4-3-12(8-15(14)18)9-23-11-16(20)19-5-7-22-10-13-2-1-6-21-13/h1-4,6,8H,5,7,9-11H2,(H,19,20). The number of furan rings is 1. The van der Waals surface area contributed by atoms with Gasteiger partial charge in [0.25, 0.3) is 0 Å². The zero-order chi connectivity index (χ0) is 16.5. The van der Waals surface area contributed by atoms with Crippen molar-refractivity contribution >= 4 is 52.6 Å². The van der Waals surface area contributed by atoms with E-state index in [2.05, 4.69) is 5.32 Å². The molecule has 23 heavy (non-hydrogen) atoms. The lowest BCUT2D eigenvalue weighted by Crippen LogP contribution is -2.27. The largest absolute Gasteiger partial charge is 0.468 e. The van der Waals surface area contributed by atoms with Crippen molar-refractivity contribution in [2.75, 3.05) is 18.1 Å². The molecule has 0 fully saturated rings. The molecule has 0 aliphatic heterocycles. The fourth-order valence-electron chi connectivity index (χ4n) is 1.77. The van der Waals surface area contributed by atoms with Gasteiger partial charge in [0.2, 0.25) is 5.91 Å². The van der Waals surface area contributed by atoms with Crippen LogP contribution in [-0.2, 0) is 16.3 Å². The van der Waals surface area contributed by atoms with Gasteiger partial charge in [-0.1, -0.05) is 29.3 Å². The lowest BCUT2D eigenvalue weighted by molar-refractivity contribution is -0.118. The molecule has 2 rings (SSSR count). The molecule has 0 saturated heterocycles. The van der Waals surface area contributed by atoms with Crippen LogP contribution in [0.25, 0.3) is 0 Å². The summed E-state index contributed by atoms with van der Waals surface area (Å²) >= 11 is 15.1. The second-order valence-electron chi connectivity index (χ2n) is 4.72. The average Bonchev–Trinajstić information content (AvgIpc) is 3.04. The zero-order valence-corrected chi connectivity index (χ0v) is 15.5. The summed E-state index contributed by atoms with van der Waals surface area (Å²) in [5.74, 6) is 3.87. The number of halogens is 2. The van der Waals surface area contributed by atoms with Crippen LogP contribution < -0.4 is 5.32 Å². The second kappa shape index (κ2) is 10.2. The van der Waals surface area contributed by atoms with Gasteiger partial charge >= 0.3 is 0 Å². The van der Waals surface area contributed by atoms with Crippen molar-refractivity contribution in [2.24, 2.45) is 0 Å². The number of thioether (sulfide) groups is 2. The maximum atomic E-state index is 11.7. The average molecular weight is 390 g/mol. The quantitative estimate of drug-likeness (QED) is 0.621. The number of benzene rings is 1. The van der Waals surface area contributed by atoms with Gasteiger partial charge in [0.05, 0.1) is 27.8 Å². The number of hydrogen-bond acceptors (Lipinski definition) is 4. The molecule has 1 N–H and O–H groups in total. The molecule has 1 amide bonds. The summed E-state index contributed by atoms with van der Waals surface area (Å²) in [5, 5.41) is 4.00. The van der Waals surface area contributed by atoms with E-state index < -0.39 is 0 Å². The first kappa shape index (κ1) is 18.6. The van der Waals surface area contributed by atoms with Crippen molar-refractivity contribution < 1.29 is 9.21 Å². The normalized spacial score (nSPS) is 10.7. The molecule has 7 heteroatoms. The van der Waals surface area contributed by atoms with Crippen LogP contribution in [0.3, 0.4) is 0 Å². The first-order chi connectivity index (χ1) is 11.1. The van der Waals surface area contributed by atoms with E-state index in [4.69, 9.17) is 27.6 Å². The molecule has 1 aromatic heterocycles. The van der Waals surface area contributed by atoms with Gasteiger partial charge in [-0.25, -0.2) is 0 Å². The number of rotatable bonds is 9. The topological polar surface area (TPSA) is 42.2 Å². The molecule has 0 aliphatic rings. The van der Waals surface area contributed by atoms with Gasteiger partial charge in [-0.3, -0.25) is 4.79 Å². The van der Waals surface area contributed by atoms with Crippen LogP contribution in [0.1, 0.15) is 11.3 Å². The summed E-state index contributed by atoms with van der Waals surface area (Å²) in [7, 11) is 0. The summed E-state index contributed by atoms with van der Waals surface area (Å²) in [4.78, 5) is 11.7. The summed E-state index contributed by atoms with van der Waals surface area (Å²) in [6.45, 7) is 0.664. The van der Waals surface area contributed by atoms with Gasteiger partial charge < -0.3 is 9.73 Å². The van der Waals surface area contributed by atoms with Gasteiger partial charge in [0.15, 0.2) is 0 Å². The predicted molar refractivity (Wildman–Crippen MR) is 101 cm³/mol. The third-order valence-electron chi connectivity index (χ3n) is 2.88. The molecule has 0 saturated carbocycles. The lowest BCUT2D eigenvalue weighted by atomic mass is 10.2. The van der Waals surface area contributed by atoms with Crippen LogP contribution >= 0.6 is 46.7 Å². The van der Waals surface area contributed by atoms with Crippen LogP contribution in [0, 0.1) is 0 Å². The highest BCUT2D eigenvalue weighted by molar-refractivity contribution is 7.99. The molecule has 2 aromatic rings. The summed E-state index contributed by atoms with van der Waals surface area (Å²) in [6.07, 6.45) is 1.67. The van der Waals surface area contributed by atoms with Crippen molar-refractivity contribution in [3.05, 3.63) is 58.0 Å². The fourth-order valence-corrected chi connectivity index (χ4v) is 3.65. The Hall–Kier alpha value is -0.750. The molecule has 0 unspecified atom stereocenters. The minimum atomic E-state index is 0.0497. The Bertz CT molecular complexity index is 621. The van der Waals surface area contributed by atoms with Crippen LogP contribution in [0.2, 0.25) is 10.0 Å². The monoisotopic (exact) mass is 389 g/mol. The van der Waals surface area contributed by atoms with E-state index >= 15 is 0 Å². The molecule has 1 heterocycles. The fraction of sp³-hybridized carbons (Fsp3) is 0.312. The first-order valence-electron chi connectivity index (χ1n) is 7.03. The molecule has 0 aliphatic carbocycles. The Balaban J connectivity index is 1.53. The minimum absolute atomic E-state index is 0.0497. The Morgan fingerprint density at radius 3 is 2.74 bits per heavy atom. The lowest BCUT2D eigenvalue weighted by Gasteiger charge is -2.06. The highest BCUT2D eigenvalue weighted by Gasteiger charge is 2.04. The molecule has 0 atom stereocenters. The van der Waals surface area contributed by atoms with Crippen molar-refractivity contribution in [3.8, 4) is 0 Å². The van der Waals surface area contributed by atoms with Crippen molar-refractivity contribution in [2.45, 2.75) is 11.5 Å². The van der Waals surface area contributed by atoms with Crippen LogP contribution in [0.5, 0.6) is 0 Å². The summed E-state index contributed by atoms with van der Waals surface area (Å²) in [6, 6.07) is 9.36. The number of nitrogens with one attached hydrogen (secondary N) is 1. The Morgan fingerprint density at radius 2 is 2.00 bits per heavy atom. The number of carbonyl (C=O) groups is 1. The Kier molecular flexibility index (Phi) is 8.23. The molecular formula is C16H17Cl2NO2S2. The third-order valence-corrected chi connectivity index (χ3v) is 5.60. The smallest absolute Gasteiger partial charge is 0.230 e. The molecule has 0 spiro atoms. The SMILES string of the molecule is O=C(CSCc1ccc(Cl)c(Cl)c1)NCCSCc1ccco1. The van der Waals surface area contributed by atoms with Gasteiger partial charge in [-0.2, -0.15) is 11.8 Å². The van der Waals surface area contributed by atoms with E-state index in [1.54, 1.807) is 35.9 Å². The first-order valence-corrected chi connectivity index (χ1v) is 10.1. The molecule has 1 aromatic carbocycles. The molecule has 124 valence electrons. The van der Waals surface area contributed by atoms with Gasteiger partial charge in [0, 0.05) is 18.1 Å². The number of amides is 1. The van der Waals surface area contributed by atoms with E-state index in [0.29, 0.717) is 22.3 Å². The molecular weight excluding hydrogens is 373 g/mol. The molecule has 0 radical (unpaired) electrons. The Morgan fingerprint density at radius 1 is 1.13 bits per heavy atom. The summed E-state index contributed by atoms with van der Waals surface area (Å²) in [5.41, 5.74) is 1.06. The zero-order valence-electron chi connectivity index (χ0n) is 12.4. The minimum Gasteiger partial charge on any atom is -0.468 e. The van der Waals surface area contributed by atoms with E-state index in [0.717, 1.165) is 28.6 Å². The van der Waals surface area contributed by atoms with E-state index in [1.165, 1.54) is 0 Å².